The summed E-state index contributed by atoms with van der Waals surface area (Å²) in [5.41, 5.74) is 0. The number of aliphatic hydroxyl groups excluding tert-OH is 2. The topological polar surface area (TPSA) is 68.2 Å². The van der Waals surface area contributed by atoms with Gasteiger partial charge in [-0.25, -0.2) is 0 Å². The molecule has 0 radical (unpaired) electrons. The van der Waals surface area contributed by atoms with Gasteiger partial charge in [0.2, 0.25) is 0 Å². The summed E-state index contributed by atoms with van der Waals surface area (Å²) >= 11 is 0. The maximum absolute atomic E-state index is 10.3. The Kier molecular flexibility index (Phi) is 4.73. The third kappa shape index (κ3) is 3.23. The number of fused-ring (bicyclic) bond motifs is 1. The maximum Gasteiger partial charge on any atom is 0.102 e. The van der Waals surface area contributed by atoms with Gasteiger partial charge in [0.15, 0.2) is 0 Å². The first kappa shape index (κ1) is 14.5. The monoisotopic (exact) mass is 284 g/mol. The summed E-state index contributed by atoms with van der Waals surface area (Å²) in [5, 5.41) is 20.2. The molecule has 2 N–H and O–H groups in total. The van der Waals surface area contributed by atoms with E-state index in [9.17, 15) is 10.2 Å². The van der Waals surface area contributed by atoms with Gasteiger partial charge in [-0.15, -0.1) is 0 Å². The number of rotatable bonds is 3. The smallest absolute Gasteiger partial charge is 0.102 e. The number of ether oxygens (including phenoxy) is 3. The normalized spacial score (nSPS) is 43.0. The summed E-state index contributed by atoms with van der Waals surface area (Å²) in [6.45, 7) is 1.44. The molecule has 20 heavy (non-hydrogen) atoms. The van der Waals surface area contributed by atoms with Crippen LogP contribution in [0, 0.1) is 0 Å². The third-order valence-electron chi connectivity index (χ3n) is 4.39. The molecule has 3 rings (SSSR count). The highest BCUT2D eigenvalue weighted by Gasteiger charge is 2.35. The Morgan fingerprint density at radius 1 is 1.10 bits per heavy atom. The molecule has 3 aliphatic rings. The quantitative estimate of drug-likeness (QED) is 0.750. The summed E-state index contributed by atoms with van der Waals surface area (Å²) in [4.78, 5) is 0. The lowest BCUT2D eigenvalue weighted by molar-refractivity contribution is -0.149. The van der Waals surface area contributed by atoms with Crippen LogP contribution in [0.25, 0.3) is 0 Å². The SMILES string of the molecule is O[C@@H](C[C@H]1OCCC[C@@H]1O)[C@H]1C=C[C@@H]2OCCC[C@H]2O1. The lowest BCUT2D eigenvalue weighted by Crippen LogP contribution is -2.46. The summed E-state index contributed by atoms with van der Waals surface area (Å²) in [7, 11) is 0. The van der Waals surface area contributed by atoms with Crippen LogP contribution in [0.5, 0.6) is 0 Å². The fourth-order valence-electron chi connectivity index (χ4n) is 3.21. The lowest BCUT2D eigenvalue weighted by Gasteiger charge is -2.38. The number of hydrogen-bond donors (Lipinski definition) is 2. The highest BCUT2D eigenvalue weighted by molar-refractivity contribution is 5.06. The molecule has 5 heteroatoms. The van der Waals surface area contributed by atoms with E-state index in [1.54, 1.807) is 0 Å². The number of aliphatic hydroxyl groups is 2. The van der Waals surface area contributed by atoms with E-state index in [2.05, 4.69) is 0 Å². The molecular weight excluding hydrogens is 260 g/mol. The zero-order valence-corrected chi connectivity index (χ0v) is 11.7. The predicted molar refractivity (Wildman–Crippen MR) is 72.4 cm³/mol. The Morgan fingerprint density at radius 3 is 2.75 bits per heavy atom. The first-order valence-electron chi connectivity index (χ1n) is 7.67. The van der Waals surface area contributed by atoms with Crippen LogP contribution < -0.4 is 0 Å². The van der Waals surface area contributed by atoms with Crippen LogP contribution in [-0.2, 0) is 14.2 Å². The average molecular weight is 284 g/mol. The van der Waals surface area contributed by atoms with Gasteiger partial charge in [-0.3, -0.25) is 0 Å². The summed E-state index contributed by atoms with van der Waals surface area (Å²) in [6, 6.07) is 0. The molecule has 0 aromatic carbocycles. The molecule has 0 spiro atoms. The van der Waals surface area contributed by atoms with Crippen LogP contribution >= 0.6 is 0 Å². The molecule has 0 aromatic heterocycles. The van der Waals surface area contributed by atoms with E-state index in [0.29, 0.717) is 13.0 Å². The minimum Gasteiger partial charge on any atom is -0.390 e. The van der Waals surface area contributed by atoms with Crippen molar-refractivity contribution < 1.29 is 24.4 Å². The Hall–Kier alpha value is -0.460. The van der Waals surface area contributed by atoms with Crippen molar-refractivity contribution in [2.75, 3.05) is 13.2 Å². The Balaban J connectivity index is 1.55. The molecule has 3 heterocycles. The minimum absolute atomic E-state index is 0.0312. The second kappa shape index (κ2) is 6.54. The van der Waals surface area contributed by atoms with E-state index in [1.807, 2.05) is 12.2 Å². The fourth-order valence-corrected chi connectivity index (χ4v) is 3.21. The van der Waals surface area contributed by atoms with Crippen molar-refractivity contribution in [1.82, 2.24) is 0 Å². The van der Waals surface area contributed by atoms with E-state index >= 15 is 0 Å². The predicted octanol–water partition coefficient (Wildman–Crippen LogP) is 0.780. The first-order valence-corrected chi connectivity index (χ1v) is 7.67. The second-order valence-electron chi connectivity index (χ2n) is 5.92. The van der Waals surface area contributed by atoms with Crippen LogP contribution in [0.1, 0.15) is 32.1 Å². The largest absolute Gasteiger partial charge is 0.390 e. The summed E-state index contributed by atoms with van der Waals surface area (Å²) in [6.07, 6.45) is 6.25. The zero-order valence-electron chi connectivity index (χ0n) is 11.7. The van der Waals surface area contributed by atoms with E-state index in [4.69, 9.17) is 14.2 Å². The van der Waals surface area contributed by atoms with Crippen LogP contribution in [-0.4, -0.2) is 60.1 Å². The average Bonchev–Trinajstić information content (AvgIpc) is 2.49. The molecule has 2 saturated heterocycles. The Morgan fingerprint density at radius 2 is 1.90 bits per heavy atom. The van der Waals surface area contributed by atoms with Gasteiger partial charge in [0.1, 0.15) is 12.2 Å². The summed E-state index contributed by atoms with van der Waals surface area (Å²) in [5.74, 6) is 0. The van der Waals surface area contributed by atoms with Gasteiger partial charge in [-0.2, -0.15) is 0 Å². The van der Waals surface area contributed by atoms with Gasteiger partial charge in [-0.05, 0) is 25.7 Å². The maximum atomic E-state index is 10.3. The molecule has 0 aromatic rings. The molecule has 3 aliphatic heterocycles. The van der Waals surface area contributed by atoms with Crippen molar-refractivity contribution in [2.24, 2.45) is 0 Å². The summed E-state index contributed by atoms with van der Waals surface area (Å²) < 4.78 is 17.1. The molecular formula is C15H24O5. The van der Waals surface area contributed by atoms with Gasteiger partial charge in [0.05, 0.1) is 24.4 Å². The zero-order chi connectivity index (χ0) is 13.9. The van der Waals surface area contributed by atoms with Crippen LogP contribution in [0.15, 0.2) is 12.2 Å². The lowest BCUT2D eigenvalue weighted by atomic mass is 9.95. The van der Waals surface area contributed by atoms with E-state index < -0.39 is 12.2 Å². The van der Waals surface area contributed by atoms with Crippen molar-refractivity contribution >= 4 is 0 Å². The van der Waals surface area contributed by atoms with E-state index in [1.165, 1.54) is 0 Å². The molecule has 5 nitrogen and oxygen atoms in total. The van der Waals surface area contributed by atoms with Gasteiger partial charge in [0, 0.05) is 19.6 Å². The van der Waals surface area contributed by atoms with Gasteiger partial charge < -0.3 is 24.4 Å². The van der Waals surface area contributed by atoms with Crippen LogP contribution in [0.3, 0.4) is 0 Å². The number of hydrogen-bond acceptors (Lipinski definition) is 5. The third-order valence-corrected chi connectivity index (χ3v) is 4.39. The van der Waals surface area contributed by atoms with E-state index in [-0.39, 0.29) is 24.4 Å². The Labute approximate surface area is 119 Å². The molecule has 114 valence electrons. The van der Waals surface area contributed by atoms with Crippen LogP contribution in [0.4, 0.5) is 0 Å². The molecule has 0 saturated carbocycles. The first-order chi connectivity index (χ1) is 9.74. The molecule has 0 bridgehead atoms. The van der Waals surface area contributed by atoms with Crippen molar-refractivity contribution in [3.05, 3.63) is 12.2 Å². The van der Waals surface area contributed by atoms with E-state index in [0.717, 1.165) is 32.3 Å². The van der Waals surface area contributed by atoms with Crippen molar-refractivity contribution in [2.45, 2.75) is 68.7 Å². The van der Waals surface area contributed by atoms with Crippen molar-refractivity contribution in [3.63, 3.8) is 0 Å². The molecule has 6 atom stereocenters. The molecule has 0 amide bonds. The van der Waals surface area contributed by atoms with Gasteiger partial charge in [0.25, 0.3) is 0 Å². The standard InChI is InChI=1S/C15H24O5/c16-10-3-1-7-19-15(10)9-11(17)12-5-6-13-14(20-12)4-2-8-18-13/h5-6,10-17H,1-4,7-9H2/t10-,11-,12+,13-,14+,15+/m0/s1. The molecule has 0 aliphatic carbocycles. The Bertz CT molecular complexity index is 345. The van der Waals surface area contributed by atoms with Crippen LogP contribution in [0.2, 0.25) is 0 Å². The highest BCUT2D eigenvalue weighted by Crippen LogP contribution is 2.27. The highest BCUT2D eigenvalue weighted by atomic mass is 16.6. The molecule has 0 unspecified atom stereocenters. The second-order valence-corrected chi connectivity index (χ2v) is 5.92. The fraction of sp³-hybridized carbons (Fsp3) is 0.867. The van der Waals surface area contributed by atoms with Gasteiger partial charge in [-0.1, -0.05) is 12.2 Å². The minimum atomic E-state index is -0.646. The molecule has 2 fully saturated rings. The van der Waals surface area contributed by atoms with Crippen molar-refractivity contribution in [1.29, 1.82) is 0 Å². The van der Waals surface area contributed by atoms with Gasteiger partial charge >= 0.3 is 0 Å². The van der Waals surface area contributed by atoms with Crippen molar-refractivity contribution in [3.8, 4) is 0 Å².